The van der Waals surface area contributed by atoms with Crippen LogP contribution in [0.25, 0.3) is 21.8 Å². The molecule has 0 amide bonds. The smallest absolute Gasteiger partial charge is 0.427 e. The monoisotopic (exact) mass is 571 g/mol. The summed E-state index contributed by atoms with van der Waals surface area (Å²) < 4.78 is 69.0. The highest BCUT2D eigenvalue weighted by molar-refractivity contribution is 5.96. The van der Waals surface area contributed by atoms with Crippen molar-refractivity contribution in [1.82, 2.24) is 9.55 Å². The van der Waals surface area contributed by atoms with Gasteiger partial charge in [0.05, 0.1) is 42.6 Å². The molecule has 1 unspecified atom stereocenters. The topological polar surface area (TPSA) is 116 Å². The van der Waals surface area contributed by atoms with Crippen LogP contribution in [0.4, 0.5) is 18.0 Å². The largest absolute Gasteiger partial charge is 0.496 e. The van der Waals surface area contributed by atoms with Crippen LogP contribution in [0.15, 0.2) is 42.6 Å². The van der Waals surface area contributed by atoms with Crippen LogP contribution in [-0.4, -0.2) is 54.2 Å². The fraction of sp³-hybridized carbons (Fsp3) is 0.345. The molecule has 1 N–H and O–H groups in total. The minimum atomic E-state index is -5.19. The zero-order valence-corrected chi connectivity index (χ0v) is 23.2. The normalized spacial score (nSPS) is 13.6. The number of nitrogens with zero attached hydrogens (tertiary/aromatic N) is 2. The van der Waals surface area contributed by atoms with Crippen molar-refractivity contribution in [1.29, 1.82) is 5.26 Å². The molecule has 9 nitrogen and oxygen atoms in total. The third-order valence-corrected chi connectivity index (χ3v) is 6.45. The van der Waals surface area contributed by atoms with Gasteiger partial charge < -0.3 is 23.9 Å². The second kappa shape index (κ2) is 10.5. The minimum absolute atomic E-state index is 0.0220. The van der Waals surface area contributed by atoms with E-state index in [1.165, 1.54) is 49.7 Å². The average molecular weight is 572 g/mol. The van der Waals surface area contributed by atoms with Crippen LogP contribution < -0.4 is 4.74 Å². The van der Waals surface area contributed by atoms with E-state index in [2.05, 4.69) is 9.72 Å². The van der Waals surface area contributed by atoms with Crippen LogP contribution in [0.1, 0.15) is 43.2 Å². The van der Waals surface area contributed by atoms with Crippen molar-refractivity contribution >= 4 is 33.9 Å². The molecule has 2 aromatic carbocycles. The molecular weight excluding hydrogens is 543 g/mol. The molecule has 0 aliphatic heterocycles. The van der Waals surface area contributed by atoms with Crippen LogP contribution in [0.5, 0.6) is 5.75 Å². The highest BCUT2D eigenvalue weighted by Crippen LogP contribution is 2.53. The summed E-state index contributed by atoms with van der Waals surface area (Å²) in [7, 11) is 2.24. The van der Waals surface area contributed by atoms with Crippen molar-refractivity contribution in [3.05, 3.63) is 65.0 Å². The van der Waals surface area contributed by atoms with E-state index in [9.17, 15) is 14.9 Å². The summed E-state index contributed by atoms with van der Waals surface area (Å²) in [6, 6.07) is 10.2. The van der Waals surface area contributed by atoms with E-state index in [4.69, 9.17) is 14.2 Å². The Balaban J connectivity index is 2.13. The summed E-state index contributed by atoms with van der Waals surface area (Å²) in [5.74, 6) is -1.24. The number of hydrogen-bond acceptors (Lipinski definition) is 7. The lowest BCUT2D eigenvalue weighted by molar-refractivity contribution is -0.267. The number of H-pyrrole nitrogens is 1. The van der Waals surface area contributed by atoms with Gasteiger partial charge in [0.2, 0.25) is 5.60 Å². The molecule has 4 rings (SSSR count). The molecular formula is C29H28F3N3O6. The number of esters is 1. The van der Waals surface area contributed by atoms with E-state index in [0.29, 0.717) is 16.5 Å². The number of ether oxygens (including phenoxy) is 4. The number of aromatic amines is 1. The number of benzene rings is 2. The van der Waals surface area contributed by atoms with Gasteiger partial charge in [0, 0.05) is 22.5 Å². The SMILES string of the molecule is COC(=O)COC(c1cc2cc(C#N)ccc2[nH]1)(c1c(OC)cc(C)c2c1ccn2C(=O)OC(C)(C)C)C(F)(F)F. The highest BCUT2D eigenvalue weighted by Gasteiger charge is 2.62. The second-order valence-corrected chi connectivity index (χ2v) is 10.3. The van der Waals surface area contributed by atoms with E-state index >= 15 is 13.2 Å². The van der Waals surface area contributed by atoms with Gasteiger partial charge in [0.15, 0.2) is 0 Å². The molecule has 0 aliphatic rings. The molecule has 0 saturated heterocycles. The Hall–Kier alpha value is -4.50. The first-order chi connectivity index (χ1) is 19.2. The summed E-state index contributed by atoms with van der Waals surface area (Å²) in [6.07, 6.45) is -4.68. The number of hydrogen-bond donors (Lipinski definition) is 1. The van der Waals surface area contributed by atoms with Crippen molar-refractivity contribution in [2.24, 2.45) is 0 Å². The van der Waals surface area contributed by atoms with Crippen molar-refractivity contribution in [2.45, 2.75) is 45.1 Å². The van der Waals surface area contributed by atoms with Crippen molar-refractivity contribution in [2.75, 3.05) is 20.8 Å². The quantitative estimate of drug-likeness (QED) is 0.279. The molecule has 0 spiro atoms. The first-order valence-electron chi connectivity index (χ1n) is 12.4. The fourth-order valence-corrected chi connectivity index (χ4v) is 4.77. The Morgan fingerprint density at radius 1 is 1.07 bits per heavy atom. The molecule has 0 fully saturated rings. The minimum Gasteiger partial charge on any atom is -0.496 e. The number of halogens is 3. The maximum absolute atomic E-state index is 15.6. The highest BCUT2D eigenvalue weighted by atomic mass is 19.4. The molecule has 216 valence electrons. The van der Waals surface area contributed by atoms with Crippen LogP contribution in [0.2, 0.25) is 0 Å². The first-order valence-corrected chi connectivity index (χ1v) is 12.4. The zero-order chi connectivity index (χ0) is 30.3. The van der Waals surface area contributed by atoms with E-state index in [1.807, 2.05) is 6.07 Å². The molecule has 0 saturated carbocycles. The maximum Gasteiger partial charge on any atom is 0.427 e. The number of fused-ring (bicyclic) bond motifs is 2. The van der Waals surface area contributed by atoms with Gasteiger partial charge in [-0.15, -0.1) is 0 Å². The van der Waals surface area contributed by atoms with Gasteiger partial charge in [-0.1, -0.05) is 0 Å². The van der Waals surface area contributed by atoms with Gasteiger partial charge in [0.25, 0.3) is 0 Å². The Morgan fingerprint density at radius 3 is 2.37 bits per heavy atom. The number of nitriles is 1. The van der Waals surface area contributed by atoms with Crippen LogP contribution >= 0.6 is 0 Å². The van der Waals surface area contributed by atoms with Crippen LogP contribution in [0, 0.1) is 18.3 Å². The molecule has 0 bridgehead atoms. The lowest BCUT2D eigenvalue weighted by Gasteiger charge is -2.36. The Morgan fingerprint density at radius 2 is 1.78 bits per heavy atom. The first kappa shape index (κ1) is 29.5. The lowest BCUT2D eigenvalue weighted by Crippen LogP contribution is -2.47. The fourth-order valence-electron chi connectivity index (χ4n) is 4.77. The molecule has 0 radical (unpaired) electrons. The average Bonchev–Trinajstić information content (AvgIpc) is 3.52. The number of methoxy groups -OCH3 is 2. The second-order valence-electron chi connectivity index (χ2n) is 10.3. The van der Waals surface area contributed by atoms with E-state index in [0.717, 1.165) is 11.7 Å². The molecule has 0 aliphatic carbocycles. The van der Waals surface area contributed by atoms with E-state index in [1.54, 1.807) is 27.7 Å². The number of aromatic nitrogens is 2. The number of nitrogens with one attached hydrogen (secondary N) is 1. The number of carbonyl (C=O) groups excluding carboxylic acids is 2. The number of alkyl halides is 3. The van der Waals surface area contributed by atoms with Gasteiger partial charge in [-0.3, -0.25) is 4.57 Å². The molecule has 12 heteroatoms. The predicted molar refractivity (Wildman–Crippen MR) is 143 cm³/mol. The predicted octanol–water partition coefficient (Wildman–Crippen LogP) is 6.09. The molecule has 1 atom stereocenters. The third kappa shape index (κ3) is 5.20. The van der Waals surface area contributed by atoms with E-state index in [-0.39, 0.29) is 22.2 Å². The van der Waals surface area contributed by atoms with E-state index < -0.39 is 47.3 Å². The number of aryl methyl sites for hydroxylation is 1. The summed E-state index contributed by atoms with van der Waals surface area (Å²) >= 11 is 0. The van der Waals surface area contributed by atoms with Gasteiger partial charge in [-0.25, -0.2) is 9.59 Å². The lowest BCUT2D eigenvalue weighted by atomic mass is 9.85. The number of rotatable bonds is 6. The molecule has 4 aromatic rings. The maximum atomic E-state index is 15.6. The van der Waals surface area contributed by atoms with Crippen molar-refractivity contribution in [3.8, 4) is 11.8 Å². The van der Waals surface area contributed by atoms with Gasteiger partial charge >= 0.3 is 18.2 Å². The van der Waals surface area contributed by atoms with Gasteiger partial charge in [0.1, 0.15) is 18.0 Å². The molecule has 2 heterocycles. The third-order valence-electron chi connectivity index (χ3n) is 6.45. The van der Waals surface area contributed by atoms with Crippen LogP contribution in [0.3, 0.4) is 0 Å². The van der Waals surface area contributed by atoms with Gasteiger partial charge in [-0.2, -0.15) is 18.4 Å². The summed E-state index contributed by atoms with van der Waals surface area (Å²) in [5, 5.41) is 9.59. The summed E-state index contributed by atoms with van der Waals surface area (Å²) in [5.41, 5.74) is -4.07. The molecule has 2 aromatic heterocycles. The zero-order valence-electron chi connectivity index (χ0n) is 23.2. The van der Waals surface area contributed by atoms with Crippen molar-refractivity contribution < 1.29 is 41.7 Å². The Bertz CT molecular complexity index is 1690. The molecule has 41 heavy (non-hydrogen) atoms. The Kier molecular flexibility index (Phi) is 7.54. The Labute approximate surface area is 233 Å². The van der Waals surface area contributed by atoms with Gasteiger partial charge in [-0.05, 0) is 69.7 Å². The summed E-state index contributed by atoms with van der Waals surface area (Å²) in [4.78, 5) is 28.0. The summed E-state index contributed by atoms with van der Waals surface area (Å²) in [6.45, 7) is 5.55. The van der Waals surface area contributed by atoms with Crippen molar-refractivity contribution in [3.63, 3.8) is 0 Å². The standard InChI is InChI=1S/C29H28F3N3O6/c1-16-11-21(38-5)24(19-9-10-35(25(16)19)26(37)41-27(2,3)4)28(29(30,31)32,40-15-23(36)39-6)22-13-18-12-17(14-33)7-8-20(18)34-22/h7-13,34H,15H2,1-6H3. The van der Waals surface area contributed by atoms with Crippen LogP contribution in [-0.2, 0) is 24.6 Å². The number of carbonyl (C=O) groups is 2.